The second-order valence-corrected chi connectivity index (χ2v) is 7.01. The highest BCUT2D eigenvalue weighted by Crippen LogP contribution is 2.30. The highest BCUT2D eigenvalue weighted by molar-refractivity contribution is 6.07. The quantitative estimate of drug-likeness (QED) is 0.460. The van der Waals surface area contributed by atoms with E-state index in [0.717, 1.165) is 6.42 Å². The fourth-order valence-electron chi connectivity index (χ4n) is 3.38. The maximum absolute atomic E-state index is 13.0. The van der Waals surface area contributed by atoms with Crippen molar-refractivity contribution in [2.45, 2.75) is 12.8 Å². The van der Waals surface area contributed by atoms with E-state index in [9.17, 15) is 19.7 Å². The van der Waals surface area contributed by atoms with Gasteiger partial charge < -0.3 is 15.0 Å². The van der Waals surface area contributed by atoms with Crippen molar-refractivity contribution in [1.29, 1.82) is 0 Å². The lowest BCUT2D eigenvalue weighted by molar-refractivity contribution is -0.384. The third-order valence-electron chi connectivity index (χ3n) is 4.88. The standard InChI is InChI=1S/C23H19N3O5/c27-22-10-5-13-25(22)17-7-4-6-16(14-17)24-23(28)20-15-18(26(29)30)11-12-21(20)31-19-8-2-1-3-9-19/h1-4,6-9,11-12,14-15H,5,10,13H2,(H,24,28). The number of anilines is 2. The van der Waals surface area contributed by atoms with E-state index in [1.807, 2.05) is 6.07 Å². The number of hydrogen-bond acceptors (Lipinski definition) is 5. The molecule has 0 unspecified atom stereocenters. The number of nitrogens with zero attached hydrogens (tertiary/aromatic N) is 2. The Balaban J connectivity index is 1.62. The van der Waals surface area contributed by atoms with E-state index in [-0.39, 0.29) is 22.9 Å². The smallest absolute Gasteiger partial charge is 0.270 e. The summed E-state index contributed by atoms with van der Waals surface area (Å²) in [4.78, 5) is 37.3. The molecule has 1 fully saturated rings. The summed E-state index contributed by atoms with van der Waals surface area (Å²) in [6, 6.07) is 19.6. The third-order valence-corrected chi connectivity index (χ3v) is 4.88. The Hall–Kier alpha value is -4.20. The summed E-state index contributed by atoms with van der Waals surface area (Å²) in [5.41, 5.74) is 0.974. The fourth-order valence-corrected chi connectivity index (χ4v) is 3.38. The minimum atomic E-state index is -0.567. The van der Waals surface area contributed by atoms with Gasteiger partial charge in [0.2, 0.25) is 5.91 Å². The summed E-state index contributed by atoms with van der Waals surface area (Å²) in [6.07, 6.45) is 1.30. The number of rotatable bonds is 6. The number of amides is 2. The summed E-state index contributed by atoms with van der Waals surface area (Å²) < 4.78 is 5.79. The number of para-hydroxylation sites is 1. The second-order valence-electron chi connectivity index (χ2n) is 7.01. The van der Waals surface area contributed by atoms with Crippen molar-refractivity contribution < 1.29 is 19.2 Å². The van der Waals surface area contributed by atoms with Crippen LogP contribution in [-0.4, -0.2) is 23.3 Å². The van der Waals surface area contributed by atoms with Crippen LogP contribution in [-0.2, 0) is 4.79 Å². The van der Waals surface area contributed by atoms with Crippen LogP contribution >= 0.6 is 0 Å². The first-order valence-corrected chi connectivity index (χ1v) is 9.74. The molecule has 1 aliphatic heterocycles. The first kappa shape index (κ1) is 20.1. The average Bonchev–Trinajstić information content (AvgIpc) is 3.20. The van der Waals surface area contributed by atoms with Gasteiger partial charge in [-0.15, -0.1) is 0 Å². The molecule has 2 amide bonds. The first-order valence-electron chi connectivity index (χ1n) is 9.74. The number of nitrogens with one attached hydrogen (secondary N) is 1. The van der Waals surface area contributed by atoms with Crippen molar-refractivity contribution in [3.05, 3.63) is 88.5 Å². The van der Waals surface area contributed by atoms with Crippen LogP contribution < -0.4 is 15.0 Å². The van der Waals surface area contributed by atoms with E-state index < -0.39 is 10.8 Å². The third kappa shape index (κ3) is 4.53. The Morgan fingerprint density at radius 1 is 1.03 bits per heavy atom. The van der Waals surface area contributed by atoms with Gasteiger partial charge in [-0.3, -0.25) is 19.7 Å². The van der Waals surface area contributed by atoms with Crippen LogP contribution in [0.5, 0.6) is 11.5 Å². The van der Waals surface area contributed by atoms with Gasteiger partial charge in [0, 0.05) is 36.5 Å². The molecule has 1 saturated heterocycles. The summed E-state index contributed by atoms with van der Waals surface area (Å²) in [5, 5.41) is 14.0. The van der Waals surface area contributed by atoms with Crippen LogP contribution in [0.4, 0.5) is 17.1 Å². The number of carbonyl (C=O) groups is 2. The Kier molecular flexibility index (Phi) is 5.61. The zero-order valence-corrected chi connectivity index (χ0v) is 16.5. The molecule has 3 aromatic carbocycles. The van der Waals surface area contributed by atoms with Gasteiger partial charge in [-0.25, -0.2) is 0 Å². The molecule has 0 atom stereocenters. The maximum Gasteiger partial charge on any atom is 0.270 e. The van der Waals surface area contributed by atoms with E-state index in [4.69, 9.17) is 4.74 Å². The van der Waals surface area contributed by atoms with E-state index in [0.29, 0.717) is 30.1 Å². The van der Waals surface area contributed by atoms with E-state index in [1.54, 1.807) is 53.4 Å². The van der Waals surface area contributed by atoms with Crippen molar-refractivity contribution in [2.24, 2.45) is 0 Å². The molecule has 8 heteroatoms. The molecule has 0 aliphatic carbocycles. The van der Waals surface area contributed by atoms with Crippen molar-refractivity contribution in [2.75, 3.05) is 16.8 Å². The summed E-state index contributed by atoms with van der Waals surface area (Å²) in [7, 11) is 0. The molecule has 0 bridgehead atoms. The molecule has 0 aromatic heterocycles. The highest BCUT2D eigenvalue weighted by Gasteiger charge is 2.23. The number of nitro benzene ring substituents is 1. The number of non-ortho nitro benzene ring substituents is 1. The van der Waals surface area contributed by atoms with E-state index in [2.05, 4.69) is 5.32 Å². The van der Waals surface area contributed by atoms with Crippen molar-refractivity contribution in [1.82, 2.24) is 0 Å². The zero-order chi connectivity index (χ0) is 21.8. The molecule has 1 aliphatic rings. The Morgan fingerprint density at radius 2 is 1.84 bits per heavy atom. The minimum absolute atomic E-state index is 0.0284. The number of nitro groups is 1. The molecule has 1 heterocycles. The molecule has 0 radical (unpaired) electrons. The lowest BCUT2D eigenvalue weighted by Crippen LogP contribution is -2.23. The predicted molar refractivity (Wildman–Crippen MR) is 116 cm³/mol. The van der Waals surface area contributed by atoms with Crippen LogP contribution in [0, 0.1) is 10.1 Å². The van der Waals surface area contributed by atoms with Crippen LogP contribution in [0.1, 0.15) is 23.2 Å². The maximum atomic E-state index is 13.0. The largest absolute Gasteiger partial charge is 0.457 e. The van der Waals surface area contributed by atoms with Gasteiger partial charge in [0.25, 0.3) is 11.6 Å². The Morgan fingerprint density at radius 3 is 2.55 bits per heavy atom. The van der Waals surface area contributed by atoms with Gasteiger partial charge in [-0.1, -0.05) is 24.3 Å². The van der Waals surface area contributed by atoms with Crippen LogP contribution in [0.25, 0.3) is 0 Å². The number of hydrogen-bond donors (Lipinski definition) is 1. The molecule has 8 nitrogen and oxygen atoms in total. The summed E-state index contributed by atoms with van der Waals surface area (Å²) in [5.74, 6) is 0.181. The van der Waals surface area contributed by atoms with Gasteiger partial charge in [-0.05, 0) is 42.8 Å². The fraction of sp³-hybridized carbons (Fsp3) is 0.130. The number of benzene rings is 3. The van der Waals surface area contributed by atoms with Gasteiger partial charge >= 0.3 is 0 Å². The molecular formula is C23H19N3O5. The Bertz CT molecular complexity index is 1150. The molecule has 1 N–H and O–H groups in total. The molecular weight excluding hydrogens is 398 g/mol. The van der Waals surface area contributed by atoms with Gasteiger partial charge in [0.15, 0.2) is 0 Å². The SMILES string of the molecule is O=C(Nc1cccc(N2CCCC2=O)c1)c1cc([N+](=O)[O-])ccc1Oc1ccccc1. The lowest BCUT2D eigenvalue weighted by Gasteiger charge is -2.17. The minimum Gasteiger partial charge on any atom is -0.457 e. The second kappa shape index (κ2) is 8.66. The van der Waals surface area contributed by atoms with Crippen molar-refractivity contribution >= 4 is 28.9 Å². The summed E-state index contributed by atoms with van der Waals surface area (Å²) in [6.45, 7) is 0.635. The molecule has 31 heavy (non-hydrogen) atoms. The number of carbonyl (C=O) groups excluding carboxylic acids is 2. The average molecular weight is 417 g/mol. The summed E-state index contributed by atoms with van der Waals surface area (Å²) >= 11 is 0. The zero-order valence-electron chi connectivity index (χ0n) is 16.5. The van der Waals surface area contributed by atoms with Gasteiger partial charge in [0.1, 0.15) is 11.5 Å². The van der Waals surface area contributed by atoms with Crippen LogP contribution in [0.15, 0.2) is 72.8 Å². The van der Waals surface area contributed by atoms with E-state index >= 15 is 0 Å². The van der Waals surface area contributed by atoms with Gasteiger partial charge in [0.05, 0.1) is 10.5 Å². The van der Waals surface area contributed by atoms with Crippen LogP contribution in [0.2, 0.25) is 0 Å². The molecule has 0 saturated carbocycles. The molecule has 0 spiro atoms. The predicted octanol–water partition coefficient (Wildman–Crippen LogP) is 4.77. The van der Waals surface area contributed by atoms with Crippen molar-refractivity contribution in [3.8, 4) is 11.5 Å². The lowest BCUT2D eigenvalue weighted by atomic mass is 10.1. The van der Waals surface area contributed by atoms with Crippen molar-refractivity contribution in [3.63, 3.8) is 0 Å². The normalized spacial score (nSPS) is 13.2. The molecule has 3 aromatic rings. The van der Waals surface area contributed by atoms with Crippen LogP contribution in [0.3, 0.4) is 0 Å². The Labute approximate surface area is 178 Å². The van der Waals surface area contributed by atoms with Gasteiger partial charge in [-0.2, -0.15) is 0 Å². The topological polar surface area (TPSA) is 102 Å². The molecule has 4 rings (SSSR count). The highest BCUT2D eigenvalue weighted by atomic mass is 16.6. The monoisotopic (exact) mass is 417 g/mol. The first-order chi connectivity index (χ1) is 15.0. The number of ether oxygens (including phenoxy) is 1. The van der Waals surface area contributed by atoms with E-state index in [1.165, 1.54) is 18.2 Å². The molecule has 156 valence electrons.